The Kier molecular flexibility index (Phi) is 5.32. The monoisotopic (exact) mass is 267 g/mol. The smallest absolute Gasteiger partial charge is 0.303 e. The summed E-state index contributed by atoms with van der Waals surface area (Å²) in [6.07, 6.45) is 0.845. The highest BCUT2D eigenvalue weighted by molar-refractivity contribution is 5.79. The van der Waals surface area contributed by atoms with E-state index in [2.05, 4.69) is 0 Å². The molecule has 0 spiro atoms. The van der Waals surface area contributed by atoms with Gasteiger partial charge >= 0.3 is 5.97 Å². The summed E-state index contributed by atoms with van der Waals surface area (Å²) < 4.78 is 10.2. The number of aliphatic carboxylic acids is 1. The minimum absolute atomic E-state index is 0.0617. The molecule has 0 amide bonds. The van der Waals surface area contributed by atoms with Gasteiger partial charge in [0, 0.05) is 18.0 Å². The number of carboxylic acids is 1. The van der Waals surface area contributed by atoms with Crippen molar-refractivity contribution in [2.45, 2.75) is 18.9 Å². The van der Waals surface area contributed by atoms with E-state index in [-0.39, 0.29) is 12.8 Å². The maximum absolute atomic E-state index is 11.1. The lowest BCUT2D eigenvalue weighted by Gasteiger charge is -2.16. The summed E-state index contributed by atoms with van der Waals surface area (Å²) in [6, 6.07) is 2.59. The van der Waals surface area contributed by atoms with Gasteiger partial charge in [0.15, 0.2) is 17.8 Å². The van der Waals surface area contributed by atoms with E-state index in [0.717, 1.165) is 0 Å². The van der Waals surface area contributed by atoms with E-state index in [0.29, 0.717) is 28.9 Å². The van der Waals surface area contributed by atoms with Crippen molar-refractivity contribution in [3.8, 4) is 11.5 Å². The topological polar surface area (TPSA) is 98.9 Å². The predicted molar refractivity (Wildman–Crippen MR) is 68.7 cm³/mol. The average Bonchev–Trinajstić information content (AvgIpc) is 2.42. The van der Waals surface area contributed by atoms with Crippen LogP contribution in [0.5, 0.6) is 11.5 Å². The molecule has 1 atom stereocenters. The molecule has 0 radical (unpaired) electrons. The molecule has 0 aromatic heterocycles. The fourth-order valence-electron chi connectivity index (χ4n) is 1.77. The molecule has 1 aromatic carbocycles. The fraction of sp³-hybridized carbons (Fsp3) is 0.385. The van der Waals surface area contributed by atoms with Crippen LogP contribution in [0.4, 0.5) is 0 Å². The van der Waals surface area contributed by atoms with Gasteiger partial charge in [-0.15, -0.1) is 0 Å². The van der Waals surface area contributed by atoms with E-state index in [1.165, 1.54) is 20.3 Å². The van der Waals surface area contributed by atoms with Gasteiger partial charge in [0.2, 0.25) is 0 Å². The molecular weight excluding hydrogens is 250 g/mol. The highest BCUT2D eigenvalue weighted by Gasteiger charge is 2.16. The van der Waals surface area contributed by atoms with Gasteiger partial charge < -0.3 is 20.3 Å². The van der Waals surface area contributed by atoms with Crippen LogP contribution < -0.4 is 15.2 Å². The fourth-order valence-corrected chi connectivity index (χ4v) is 1.77. The van der Waals surface area contributed by atoms with Crippen LogP contribution in [-0.2, 0) is 4.79 Å². The molecule has 19 heavy (non-hydrogen) atoms. The minimum Gasteiger partial charge on any atom is -0.493 e. The van der Waals surface area contributed by atoms with Gasteiger partial charge in [0.05, 0.1) is 14.2 Å². The lowest BCUT2D eigenvalue weighted by atomic mass is 9.97. The molecule has 1 rings (SSSR count). The average molecular weight is 267 g/mol. The zero-order valence-corrected chi connectivity index (χ0v) is 10.9. The summed E-state index contributed by atoms with van der Waals surface area (Å²) >= 11 is 0. The molecule has 0 bridgehead atoms. The zero-order valence-electron chi connectivity index (χ0n) is 10.9. The van der Waals surface area contributed by atoms with Crippen LogP contribution in [0.25, 0.3) is 0 Å². The van der Waals surface area contributed by atoms with E-state index >= 15 is 0 Å². The zero-order chi connectivity index (χ0) is 14.4. The molecule has 1 aromatic rings. The standard InChI is InChI=1S/C13H17NO5/c1-18-11-5-8(7-15)9(6-12(11)19-2)10(14)3-4-13(16)17/h5-7,10H,3-4,14H2,1-2H3,(H,16,17). The Morgan fingerprint density at radius 1 is 1.37 bits per heavy atom. The van der Waals surface area contributed by atoms with Gasteiger partial charge in [-0.1, -0.05) is 0 Å². The molecule has 0 aliphatic rings. The second-order valence-corrected chi connectivity index (χ2v) is 3.99. The van der Waals surface area contributed by atoms with Crippen molar-refractivity contribution >= 4 is 12.3 Å². The van der Waals surface area contributed by atoms with Gasteiger partial charge in [0.1, 0.15) is 0 Å². The van der Waals surface area contributed by atoms with Crippen LogP contribution in [0, 0.1) is 0 Å². The lowest BCUT2D eigenvalue weighted by molar-refractivity contribution is -0.137. The maximum atomic E-state index is 11.1. The van der Waals surface area contributed by atoms with E-state index < -0.39 is 12.0 Å². The summed E-state index contributed by atoms with van der Waals surface area (Å²) in [6.45, 7) is 0. The molecule has 0 heterocycles. The Morgan fingerprint density at radius 3 is 2.42 bits per heavy atom. The van der Waals surface area contributed by atoms with E-state index in [1.54, 1.807) is 6.07 Å². The van der Waals surface area contributed by atoms with E-state index in [9.17, 15) is 9.59 Å². The number of methoxy groups -OCH3 is 2. The number of ether oxygens (including phenoxy) is 2. The third-order valence-corrected chi connectivity index (χ3v) is 2.78. The van der Waals surface area contributed by atoms with Crippen molar-refractivity contribution in [1.29, 1.82) is 0 Å². The molecule has 0 saturated heterocycles. The van der Waals surface area contributed by atoms with Crippen molar-refractivity contribution in [1.82, 2.24) is 0 Å². The van der Waals surface area contributed by atoms with Crippen LogP contribution in [0.15, 0.2) is 12.1 Å². The van der Waals surface area contributed by atoms with Gasteiger partial charge in [0.25, 0.3) is 0 Å². The van der Waals surface area contributed by atoms with Crippen LogP contribution in [0.2, 0.25) is 0 Å². The Bertz CT molecular complexity index is 472. The van der Waals surface area contributed by atoms with Crippen LogP contribution in [0.1, 0.15) is 34.8 Å². The number of carbonyl (C=O) groups is 2. The summed E-state index contributed by atoms with van der Waals surface area (Å²) in [7, 11) is 2.95. The Hall–Kier alpha value is -2.08. The molecule has 0 fully saturated rings. The first-order chi connectivity index (χ1) is 9.03. The second kappa shape index (κ2) is 6.75. The van der Waals surface area contributed by atoms with Gasteiger partial charge in [-0.25, -0.2) is 0 Å². The van der Waals surface area contributed by atoms with Crippen molar-refractivity contribution in [3.05, 3.63) is 23.3 Å². The van der Waals surface area contributed by atoms with Crippen LogP contribution >= 0.6 is 0 Å². The molecule has 6 heteroatoms. The lowest BCUT2D eigenvalue weighted by Crippen LogP contribution is -2.14. The molecule has 0 saturated carbocycles. The van der Waals surface area contributed by atoms with Gasteiger partial charge in [-0.05, 0) is 24.1 Å². The number of carboxylic acid groups (broad SMARTS) is 1. The van der Waals surface area contributed by atoms with Crippen molar-refractivity contribution in [2.24, 2.45) is 5.73 Å². The first-order valence-electron chi connectivity index (χ1n) is 5.72. The molecule has 104 valence electrons. The van der Waals surface area contributed by atoms with Crippen molar-refractivity contribution in [2.75, 3.05) is 14.2 Å². The van der Waals surface area contributed by atoms with Gasteiger partial charge in [-0.2, -0.15) is 0 Å². The normalized spacial score (nSPS) is 11.7. The van der Waals surface area contributed by atoms with Crippen LogP contribution in [0.3, 0.4) is 0 Å². The number of nitrogens with two attached hydrogens (primary N) is 1. The highest BCUT2D eigenvalue weighted by Crippen LogP contribution is 2.33. The third-order valence-electron chi connectivity index (χ3n) is 2.78. The number of benzene rings is 1. The van der Waals surface area contributed by atoms with Crippen LogP contribution in [-0.4, -0.2) is 31.6 Å². The largest absolute Gasteiger partial charge is 0.493 e. The van der Waals surface area contributed by atoms with Crippen molar-refractivity contribution in [3.63, 3.8) is 0 Å². The van der Waals surface area contributed by atoms with Crippen molar-refractivity contribution < 1.29 is 24.2 Å². The first kappa shape index (κ1) is 15.0. The SMILES string of the molecule is COc1cc(C=O)c(C(N)CCC(=O)O)cc1OC. The Morgan fingerprint density at radius 2 is 1.95 bits per heavy atom. The molecule has 3 N–H and O–H groups in total. The number of carbonyl (C=O) groups excluding carboxylic acids is 1. The second-order valence-electron chi connectivity index (χ2n) is 3.99. The summed E-state index contributed by atoms with van der Waals surface area (Å²) in [5.74, 6) is -0.0451. The third kappa shape index (κ3) is 3.69. The number of aldehydes is 1. The number of hydrogen-bond acceptors (Lipinski definition) is 5. The number of rotatable bonds is 7. The molecule has 0 aliphatic carbocycles. The van der Waals surface area contributed by atoms with Gasteiger partial charge in [-0.3, -0.25) is 9.59 Å². The maximum Gasteiger partial charge on any atom is 0.303 e. The summed E-state index contributed by atoms with van der Waals surface area (Å²) in [5.41, 5.74) is 6.84. The summed E-state index contributed by atoms with van der Waals surface area (Å²) in [4.78, 5) is 21.6. The Labute approximate surface area is 111 Å². The molecular formula is C13H17NO5. The van der Waals surface area contributed by atoms with E-state index in [1.807, 2.05) is 0 Å². The molecule has 0 aliphatic heterocycles. The molecule has 1 unspecified atom stereocenters. The predicted octanol–water partition coefficient (Wildman–Crippen LogP) is 1.38. The first-order valence-corrected chi connectivity index (χ1v) is 5.72. The number of hydrogen-bond donors (Lipinski definition) is 2. The molecule has 6 nitrogen and oxygen atoms in total. The summed E-state index contributed by atoms with van der Waals surface area (Å²) in [5, 5.41) is 8.65. The van der Waals surface area contributed by atoms with E-state index in [4.69, 9.17) is 20.3 Å². The Balaban J connectivity index is 3.10. The minimum atomic E-state index is -0.927. The quantitative estimate of drug-likeness (QED) is 0.724. The highest BCUT2D eigenvalue weighted by atomic mass is 16.5.